The second kappa shape index (κ2) is 11.8. The van der Waals surface area contributed by atoms with E-state index in [1.54, 1.807) is 23.1 Å². The van der Waals surface area contributed by atoms with Gasteiger partial charge in [-0.2, -0.15) is 0 Å². The molecule has 4 rings (SSSR count). The zero-order valence-electron chi connectivity index (χ0n) is 19.1. The molecule has 0 spiro atoms. The Hall–Kier alpha value is -2.50. The number of amides is 2. The van der Waals surface area contributed by atoms with E-state index in [9.17, 15) is 9.90 Å². The standard InChI is InChI=1S/C24H28N4O4S2/c1-3-25-23(30)26-19-6-4-5-18(11-19)22-31-20(14-33-24-28-27-15(2)34-24)12-21(32-22)17-9-7-16(13-29)8-10-17/h4-11,20-22,29H,3,12-14H2,1-2H3,(H2,25,26,30)/t20-,21+,22+/m1/s1. The Morgan fingerprint density at radius 1 is 1.18 bits per heavy atom. The quantitative estimate of drug-likeness (QED) is 0.381. The van der Waals surface area contributed by atoms with Crippen molar-refractivity contribution in [3.05, 3.63) is 70.2 Å². The second-order valence-electron chi connectivity index (χ2n) is 7.86. The molecule has 3 aromatic rings. The highest BCUT2D eigenvalue weighted by Gasteiger charge is 2.32. The molecule has 0 unspecified atom stereocenters. The van der Waals surface area contributed by atoms with Crippen LogP contribution in [0.15, 0.2) is 52.9 Å². The summed E-state index contributed by atoms with van der Waals surface area (Å²) in [6, 6.07) is 15.1. The molecule has 2 heterocycles. The normalized spacial score (nSPS) is 20.1. The zero-order valence-corrected chi connectivity index (χ0v) is 20.7. The minimum atomic E-state index is -0.589. The lowest BCUT2D eigenvalue weighted by Gasteiger charge is -2.36. The molecule has 0 aliphatic carbocycles. The average molecular weight is 501 g/mol. The lowest BCUT2D eigenvalue weighted by atomic mass is 10.0. The van der Waals surface area contributed by atoms with Gasteiger partial charge in [0.2, 0.25) is 0 Å². The van der Waals surface area contributed by atoms with Gasteiger partial charge in [-0.1, -0.05) is 59.5 Å². The number of anilines is 1. The van der Waals surface area contributed by atoms with Crippen molar-refractivity contribution in [2.45, 2.75) is 49.7 Å². The number of hydrogen-bond acceptors (Lipinski definition) is 8. The van der Waals surface area contributed by atoms with Crippen LogP contribution >= 0.6 is 23.1 Å². The number of nitrogens with one attached hydrogen (secondary N) is 2. The molecule has 1 aromatic heterocycles. The van der Waals surface area contributed by atoms with E-state index in [4.69, 9.17) is 9.47 Å². The maximum absolute atomic E-state index is 11.9. The number of rotatable bonds is 8. The van der Waals surface area contributed by atoms with Gasteiger partial charge in [-0.15, -0.1) is 10.2 Å². The maximum atomic E-state index is 11.9. The molecule has 34 heavy (non-hydrogen) atoms. The molecule has 180 valence electrons. The summed E-state index contributed by atoms with van der Waals surface area (Å²) in [6.45, 7) is 4.36. The van der Waals surface area contributed by atoms with E-state index in [-0.39, 0.29) is 24.8 Å². The van der Waals surface area contributed by atoms with Crippen molar-refractivity contribution in [3.63, 3.8) is 0 Å². The van der Waals surface area contributed by atoms with Gasteiger partial charge >= 0.3 is 6.03 Å². The first-order chi connectivity index (χ1) is 16.5. The van der Waals surface area contributed by atoms with Crippen molar-refractivity contribution in [1.29, 1.82) is 0 Å². The van der Waals surface area contributed by atoms with E-state index < -0.39 is 6.29 Å². The third kappa shape index (κ3) is 6.55. The minimum absolute atomic E-state index is 0.00344. The molecule has 8 nitrogen and oxygen atoms in total. The summed E-state index contributed by atoms with van der Waals surface area (Å²) < 4.78 is 13.6. The molecule has 10 heteroatoms. The third-order valence-corrected chi connectivity index (χ3v) is 7.37. The zero-order chi connectivity index (χ0) is 23.9. The van der Waals surface area contributed by atoms with Gasteiger partial charge in [-0.05, 0) is 37.1 Å². The van der Waals surface area contributed by atoms with E-state index in [2.05, 4.69) is 20.8 Å². The Labute approximate surface area is 207 Å². The van der Waals surface area contributed by atoms with Crippen LogP contribution in [0.25, 0.3) is 0 Å². The predicted octanol–water partition coefficient (Wildman–Crippen LogP) is 4.82. The molecule has 1 fully saturated rings. The first-order valence-corrected chi connectivity index (χ1v) is 12.9. The fourth-order valence-corrected chi connectivity index (χ4v) is 5.48. The molecule has 0 bridgehead atoms. The van der Waals surface area contributed by atoms with Crippen molar-refractivity contribution in [1.82, 2.24) is 15.5 Å². The summed E-state index contributed by atoms with van der Waals surface area (Å²) >= 11 is 3.20. The number of nitrogens with zero attached hydrogens (tertiary/aromatic N) is 2. The number of aryl methyl sites for hydroxylation is 1. The van der Waals surface area contributed by atoms with Crippen LogP contribution in [0.4, 0.5) is 10.5 Å². The largest absolute Gasteiger partial charge is 0.392 e. The lowest BCUT2D eigenvalue weighted by Crippen LogP contribution is -2.31. The summed E-state index contributed by atoms with van der Waals surface area (Å²) in [5.41, 5.74) is 3.38. The summed E-state index contributed by atoms with van der Waals surface area (Å²) in [5, 5.41) is 24.2. The fourth-order valence-electron chi connectivity index (χ4n) is 3.62. The average Bonchev–Trinajstić information content (AvgIpc) is 3.28. The Balaban J connectivity index is 1.53. The Bertz CT molecular complexity index is 1090. The van der Waals surface area contributed by atoms with Gasteiger partial charge in [0, 0.05) is 30.0 Å². The maximum Gasteiger partial charge on any atom is 0.319 e. The highest BCUT2D eigenvalue weighted by molar-refractivity contribution is 8.01. The fraction of sp³-hybridized carbons (Fsp3) is 0.375. The van der Waals surface area contributed by atoms with Gasteiger partial charge in [-0.3, -0.25) is 0 Å². The number of benzene rings is 2. The lowest BCUT2D eigenvalue weighted by molar-refractivity contribution is -0.245. The van der Waals surface area contributed by atoms with E-state index in [1.165, 1.54) is 0 Å². The monoisotopic (exact) mass is 500 g/mol. The van der Waals surface area contributed by atoms with Crippen LogP contribution in [-0.2, 0) is 16.1 Å². The second-order valence-corrected chi connectivity index (χ2v) is 10.3. The summed E-state index contributed by atoms with van der Waals surface area (Å²) in [6.07, 6.45) is -0.144. The molecule has 2 amide bonds. The van der Waals surface area contributed by atoms with E-state index in [1.807, 2.05) is 62.4 Å². The van der Waals surface area contributed by atoms with Crippen LogP contribution in [0, 0.1) is 6.92 Å². The van der Waals surface area contributed by atoms with Crippen molar-refractivity contribution in [2.75, 3.05) is 17.6 Å². The number of urea groups is 1. The molecule has 3 atom stereocenters. The van der Waals surface area contributed by atoms with Crippen molar-refractivity contribution >= 4 is 34.8 Å². The van der Waals surface area contributed by atoms with Crippen molar-refractivity contribution < 1.29 is 19.4 Å². The molecule has 2 aromatic carbocycles. The molecule has 0 saturated carbocycles. The number of aliphatic hydroxyl groups is 1. The number of carbonyl (C=O) groups excluding carboxylic acids is 1. The van der Waals surface area contributed by atoms with E-state index >= 15 is 0 Å². The van der Waals surface area contributed by atoms with Gasteiger partial charge in [0.25, 0.3) is 0 Å². The summed E-state index contributed by atoms with van der Waals surface area (Å²) in [4.78, 5) is 11.9. The molecule has 3 N–H and O–H groups in total. The van der Waals surface area contributed by atoms with Crippen LogP contribution < -0.4 is 10.6 Å². The molecule has 1 saturated heterocycles. The molecular formula is C24H28N4O4S2. The number of carbonyl (C=O) groups is 1. The first-order valence-electron chi connectivity index (χ1n) is 11.1. The SMILES string of the molecule is CCNC(=O)Nc1cccc([C@H]2O[C@@H](CSc3nnc(C)s3)C[C@@H](c3ccc(CO)cc3)O2)c1. The number of hydrogen-bond donors (Lipinski definition) is 3. The van der Waals surface area contributed by atoms with E-state index in [0.717, 1.165) is 31.8 Å². The van der Waals surface area contributed by atoms with Crippen LogP contribution in [-0.4, -0.2) is 39.7 Å². The van der Waals surface area contributed by atoms with Crippen LogP contribution in [0.1, 0.15) is 47.4 Å². The van der Waals surface area contributed by atoms with Gasteiger partial charge in [0.05, 0.1) is 18.8 Å². The summed E-state index contributed by atoms with van der Waals surface area (Å²) in [7, 11) is 0. The molecule has 1 aliphatic heterocycles. The number of aromatic nitrogens is 2. The molecule has 0 radical (unpaired) electrons. The highest BCUT2D eigenvalue weighted by Crippen LogP contribution is 2.40. The van der Waals surface area contributed by atoms with Crippen LogP contribution in [0.3, 0.4) is 0 Å². The Morgan fingerprint density at radius 3 is 2.71 bits per heavy atom. The molecular weight excluding hydrogens is 472 g/mol. The predicted molar refractivity (Wildman–Crippen MR) is 133 cm³/mol. The van der Waals surface area contributed by atoms with E-state index in [0.29, 0.717) is 18.7 Å². The Morgan fingerprint density at radius 2 is 2.00 bits per heavy atom. The topological polar surface area (TPSA) is 106 Å². The number of ether oxygens (including phenoxy) is 2. The molecule has 1 aliphatic rings. The van der Waals surface area contributed by atoms with Crippen molar-refractivity contribution in [2.24, 2.45) is 0 Å². The summed E-state index contributed by atoms with van der Waals surface area (Å²) in [5.74, 6) is 0.719. The smallest absolute Gasteiger partial charge is 0.319 e. The third-order valence-electron chi connectivity index (χ3n) is 5.27. The van der Waals surface area contributed by atoms with Gasteiger partial charge in [-0.25, -0.2) is 4.79 Å². The Kier molecular flexibility index (Phi) is 8.52. The van der Waals surface area contributed by atoms with Gasteiger partial charge in [0.15, 0.2) is 10.6 Å². The van der Waals surface area contributed by atoms with Crippen molar-refractivity contribution in [3.8, 4) is 0 Å². The number of thioether (sulfide) groups is 1. The van der Waals surface area contributed by atoms with Gasteiger partial charge in [0.1, 0.15) is 5.01 Å². The number of aliphatic hydroxyl groups excluding tert-OH is 1. The van der Waals surface area contributed by atoms with Crippen LogP contribution in [0.5, 0.6) is 0 Å². The van der Waals surface area contributed by atoms with Crippen LogP contribution in [0.2, 0.25) is 0 Å². The highest BCUT2D eigenvalue weighted by atomic mass is 32.2. The van der Waals surface area contributed by atoms with Gasteiger partial charge < -0.3 is 25.2 Å². The minimum Gasteiger partial charge on any atom is -0.392 e. The first kappa shape index (κ1) is 24.6.